The second kappa shape index (κ2) is 13.4. The number of guanidine groups is 1. The molecule has 0 unspecified atom stereocenters. The van der Waals surface area contributed by atoms with E-state index in [9.17, 15) is 5.11 Å². The molecule has 0 bridgehead atoms. The van der Waals surface area contributed by atoms with E-state index in [-0.39, 0.29) is 35.7 Å². The Hall–Kier alpha value is -1.06. The molecule has 0 saturated carbocycles. The van der Waals surface area contributed by atoms with Crippen LogP contribution in [0.5, 0.6) is 5.75 Å². The maximum atomic E-state index is 9.61. The monoisotopic (exact) mass is 532 g/mol. The van der Waals surface area contributed by atoms with Gasteiger partial charge in [-0.25, -0.2) is 4.99 Å². The summed E-state index contributed by atoms with van der Waals surface area (Å²) < 4.78 is 6.15. The van der Waals surface area contributed by atoms with Crippen LogP contribution in [0.2, 0.25) is 0 Å². The van der Waals surface area contributed by atoms with E-state index in [1.807, 2.05) is 0 Å². The van der Waals surface area contributed by atoms with E-state index in [1.54, 1.807) is 0 Å². The molecule has 3 N–H and O–H groups in total. The Morgan fingerprint density at radius 2 is 1.93 bits per heavy atom. The molecule has 7 heteroatoms. The van der Waals surface area contributed by atoms with Crippen LogP contribution in [0.25, 0.3) is 0 Å². The zero-order chi connectivity index (χ0) is 21.3. The lowest BCUT2D eigenvalue weighted by Crippen LogP contribution is -2.40. The van der Waals surface area contributed by atoms with Gasteiger partial charge in [0.1, 0.15) is 11.4 Å². The molecule has 2 rings (SSSR count). The lowest BCUT2D eigenvalue weighted by Gasteiger charge is -2.29. The van der Waals surface area contributed by atoms with Gasteiger partial charge in [-0.15, -0.1) is 24.0 Å². The lowest BCUT2D eigenvalue weighted by atomic mass is 10.1. The van der Waals surface area contributed by atoms with Gasteiger partial charge in [0.05, 0.1) is 12.6 Å². The van der Waals surface area contributed by atoms with Crippen molar-refractivity contribution in [2.75, 3.05) is 32.7 Å². The molecular weight excluding hydrogens is 491 g/mol. The summed E-state index contributed by atoms with van der Waals surface area (Å²) in [5.41, 5.74) is 2.04. The zero-order valence-corrected chi connectivity index (χ0v) is 21.7. The van der Waals surface area contributed by atoms with Crippen molar-refractivity contribution in [3.63, 3.8) is 0 Å². The van der Waals surface area contributed by atoms with E-state index in [4.69, 9.17) is 9.73 Å². The molecule has 1 fully saturated rings. The normalized spacial score (nSPS) is 16.1. The number of piperidine rings is 1. The van der Waals surface area contributed by atoms with Crippen LogP contribution >= 0.6 is 24.0 Å². The largest absolute Gasteiger partial charge is 0.488 e. The summed E-state index contributed by atoms with van der Waals surface area (Å²) in [5.74, 6) is 1.74. The van der Waals surface area contributed by atoms with Gasteiger partial charge in [0.2, 0.25) is 0 Å². The number of aliphatic imine (C=N–C) groups is 1. The van der Waals surface area contributed by atoms with Crippen LogP contribution in [-0.4, -0.2) is 60.4 Å². The van der Waals surface area contributed by atoms with Crippen LogP contribution in [0.1, 0.15) is 58.1 Å². The summed E-state index contributed by atoms with van der Waals surface area (Å²) >= 11 is 0. The van der Waals surface area contributed by atoms with Gasteiger partial charge in [-0.3, -0.25) is 0 Å². The minimum atomic E-state index is -0.237. The minimum absolute atomic E-state index is 0. The number of rotatable bonds is 8. The zero-order valence-electron chi connectivity index (χ0n) is 19.3. The summed E-state index contributed by atoms with van der Waals surface area (Å²) in [6.07, 6.45) is 2.74. The first-order valence-corrected chi connectivity index (χ1v) is 11.0. The number of benzene rings is 1. The highest BCUT2D eigenvalue weighted by molar-refractivity contribution is 14.0. The van der Waals surface area contributed by atoms with Gasteiger partial charge < -0.3 is 25.4 Å². The molecule has 0 aromatic heterocycles. The number of nitrogens with one attached hydrogen (secondary N) is 2. The number of hydrogen-bond acceptors (Lipinski definition) is 4. The van der Waals surface area contributed by atoms with Gasteiger partial charge >= 0.3 is 0 Å². The second-order valence-corrected chi connectivity index (χ2v) is 8.87. The third-order valence-electron chi connectivity index (χ3n) is 4.89. The molecule has 172 valence electrons. The molecule has 0 aliphatic carbocycles. The quantitative estimate of drug-likeness (QED) is 0.206. The van der Waals surface area contributed by atoms with E-state index < -0.39 is 0 Å². The molecular formula is C23H41IN4O2. The Balaban J connectivity index is 0.00000450. The molecule has 1 heterocycles. The lowest BCUT2D eigenvalue weighted by molar-refractivity contribution is 0.0823. The topological polar surface area (TPSA) is 69.1 Å². The predicted octanol–water partition coefficient (Wildman–Crippen LogP) is 3.69. The summed E-state index contributed by atoms with van der Waals surface area (Å²) in [6, 6.07) is 6.30. The molecule has 6 nitrogen and oxygen atoms in total. The molecule has 30 heavy (non-hydrogen) atoms. The van der Waals surface area contributed by atoms with Crippen molar-refractivity contribution >= 4 is 29.9 Å². The van der Waals surface area contributed by atoms with E-state index in [0.717, 1.165) is 69.3 Å². The van der Waals surface area contributed by atoms with Crippen molar-refractivity contribution < 1.29 is 9.84 Å². The van der Waals surface area contributed by atoms with Gasteiger partial charge in [-0.2, -0.15) is 0 Å². The van der Waals surface area contributed by atoms with Crippen molar-refractivity contribution in [3.8, 4) is 5.75 Å². The van der Waals surface area contributed by atoms with Crippen molar-refractivity contribution in [2.24, 2.45) is 4.99 Å². The predicted molar refractivity (Wildman–Crippen MR) is 136 cm³/mol. The highest BCUT2D eigenvalue weighted by Crippen LogP contribution is 2.25. The Bertz CT molecular complexity index is 653. The van der Waals surface area contributed by atoms with E-state index in [2.05, 4.69) is 68.4 Å². The maximum absolute atomic E-state index is 9.61. The van der Waals surface area contributed by atoms with Crippen molar-refractivity contribution in [2.45, 2.75) is 72.1 Å². The van der Waals surface area contributed by atoms with Crippen LogP contribution in [0.4, 0.5) is 0 Å². The fraction of sp³-hybridized carbons (Fsp3) is 0.696. The summed E-state index contributed by atoms with van der Waals surface area (Å²) in [4.78, 5) is 7.20. The van der Waals surface area contributed by atoms with Gasteiger partial charge in [0.25, 0.3) is 0 Å². The molecule has 1 aromatic rings. The number of aliphatic hydroxyl groups excluding tert-OH is 1. The maximum Gasteiger partial charge on any atom is 0.191 e. The van der Waals surface area contributed by atoms with Crippen molar-refractivity contribution in [3.05, 3.63) is 29.3 Å². The number of hydrogen-bond donors (Lipinski definition) is 3. The molecule has 1 saturated heterocycles. The highest BCUT2D eigenvalue weighted by atomic mass is 127. The molecule has 0 atom stereocenters. The van der Waals surface area contributed by atoms with Crippen LogP contribution < -0.4 is 15.4 Å². The second-order valence-electron chi connectivity index (χ2n) is 8.87. The van der Waals surface area contributed by atoms with Crippen LogP contribution in [-0.2, 0) is 6.54 Å². The highest BCUT2D eigenvalue weighted by Gasteiger charge is 2.16. The van der Waals surface area contributed by atoms with Crippen LogP contribution in [0.15, 0.2) is 23.2 Å². The third-order valence-corrected chi connectivity index (χ3v) is 4.89. The third kappa shape index (κ3) is 10.3. The molecule has 0 radical (unpaired) electrons. The van der Waals surface area contributed by atoms with E-state index >= 15 is 0 Å². The molecule has 0 amide bonds. The van der Waals surface area contributed by atoms with E-state index in [1.165, 1.54) is 5.56 Å². The standard InChI is InChI=1S/C23H40N4O2.HI/c1-6-24-22(25-12-7-13-27-14-10-20(28)11-15-27)26-17-19-9-8-18(2)16-21(19)29-23(3,4)5;/h8-9,16,20,28H,6-7,10-15,17H2,1-5H3,(H2,24,25,26);1H. The minimum Gasteiger partial charge on any atom is -0.488 e. The number of aryl methyl sites for hydroxylation is 1. The Morgan fingerprint density at radius 1 is 1.23 bits per heavy atom. The average molecular weight is 533 g/mol. The summed E-state index contributed by atoms with van der Waals surface area (Å²) in [5, 5.41) is 16.4. The SMILES string of the molecule is CCNC(=NCc1ccc(C)cc1OC(C)(C)C)NCCCN1CCC(O)CC1.I. The first-order valence-electron chi connectivity index (χ1n) is 11.0. The fourth-order valence-corrected chi connectivity index (χ4v) is 3.38. The van der Waals surface area contributed by atoms with Gasteiger partial charge in [-0.05, 0) is 72.1 Å². The van der Waals surface area contributed by atoms with Crippen molar-refractivity contribution in [1.29, 1.82) is 0 Å². The molecule has 1 aromatic carbocycles. The number of likely N-dealkylation sites (tertiary alicyclic amines) is 1. The first-order chi connectivity index (χ1) is 13.8. The summed E-state index contributed by atoms with van der Waals surface area (Å²) in [6.45, 7) is 15.7. The van der Waals surface area contributed by atoms with Gasteiger partial charge in [0.15, 0.2) is 5.96 Å². The van der Waals surface area contributed by atoms with Crippen LogP contribution in [0.3, 0.4) is 0 Å². The smallest absolute Gasteiger partial charge is 0.191 e. The van der Waals surface area contributed by atoms with Gasteiger partial charge in [0, 0.05) is 31.7 Å². The fourth-order valence-electron chi connectivity index (χ4n) is 3.38. The number of halogens is 1. The van der Waals surface area contributed by atoms with Crippen molar-refractivity contribution in [1.82, 2.24) is 15.5 Å². The number of ether oxygens (including phenoxy) is 1. The molecule has 1 aliphatic heterocycles. The first kappa shape index (κ1) is 27.0. The number of nitrogens with zero attached hydrogens (tertiary/aromatic N) is 2. The number of aliphatic hydroxyl groups is 1. The average Bonchev–Trinajstić information content (AvgIpc) is 2.64. The molecule has 0 spiro atoms. The Labute approximate surface area is 199 Å². The Kier molecular flexibility index (Phi) is 12.0. The molecule has 1 aliphatic rings. The van der Waals surface area contributed by atoms with E-state index in [0.29, 0.717) is 6.54 Å². The van der Waals surface area contributed by atoms with Crippen LogP contribution in [0, 0.1) is 6.92 Å². The van der Waals surface area contributed by atoms with Gasteiger partial charge in [-0.1, -0.05) is 12.1 Å². The Morgan fingerprint density at radius 3 is 2.57 bits per heavy atom. The summed E-state index contributed by atoms with van der Waals surface area (Å²) in [7, 11) is 0.